The lowest BCUT2D eigenvalue weighted by molar-refractivity contribution is 0.0940. The first kappa shape index (κ1) is 23.9. The Labute approximate surface area is 201 Å². The number of hydrogen-bond donors (Lipinski definition) is 4. The summed E-state index contributed by atoms with van der Waals surface area (Å²) in [5.41, 5.74) is 1.45. The first-order chi connectivity index (χ1) is 16.7. The van der Waals surface area contributed by atoms with Crippen molar-refractivity contribution >= 4 is 32.7 Å². The van der Waals surface area contributed by atoms with Crippen molar-refractivity contribution in [3.05, 3.63) is 82.3 Å². The van der Waals surface area contributed by atoms with Gasteiger partial charge in [-0.3, -0.25) is 9.52 Å². The van der Waals surface area contributed by atoms with Crippen LogP contribution in [0.25, 0.3) is 11.0 Å². The Hall–Kier alpha value is -4.25. The average Bonchev–Trinajstić information content (AvgIpc) is 3.22. The predicted octanol–water partition coefficient (Wildman–Crippen LogP) is 3.17. The van der Waals surface area contributed by atoms with E-state index in [-0.39, 0.29) is 16.1 Å². The van der Waals surface area contributed by atoms with Gasteiger partial charge in [0.2, 0.25) is 0 Å². The van der Waals surface area contributed by atoms with E-state index in [1.807, 2.05) is 6.07 Å². The molecule has 1 aromatic heterocycles. The van der Waals surface area contributed by atoms with Crippen LogP contribution in [0.2, 0.25) is 0 Å². The van der Waals surface area contributed by atoms with Crippen LogP contribution in [0.15, 0.2) is 70.4 Å². The summed E-state index contributed by atoms with van der Waals surface area (Å²) in [7, 11) is -0.981. The van der Waals surface area contributed by atoms with Gasteiger partial charge >= 0.3 is 5.69 Å². The first-order valence-electron chi connectivity index (χ1n) is 10.6. The highest BCUT2D eigenvalue weighted by Crippen LogP contribution is 2.30. The van der Waals surface area contributed by atoms with Crippen LogP contribution < -0.4 is 25.2 Å². The molecule has 0 saturated heterocycles. The fourth-order valence-electron chi connectivity index (χ4n) is 3.63. The number of imidazole rings is 1. The number of carbonyl (C=O) groups is 1. The average molecular weight is 497 g/mol. The summed E-state index contributed by atoms with van der Waals surface area (Å²) in [4.78, 5) is 29.6. The zero-order chi connectivity index (χ0) is 25.2. The lowest BCUT2D eigenvalue weighted by atomic mass is 10.1. The van der Waals surface area contributed by atoms with Crippen molar-refractivity contribution in [3.8, 4) is 11.5 Å². The number of aromatic amines is 2. The van der Waals surface area contributed by atoms with Gasteiger partial charge in [0.1, 0.15) is 0 Å². The maximum Gasteiger partial charge on any atom is 0.323 e. The van der Waals surface area contributed by atoms with Crippen LogP contribution in [0.3, 0.4) is 0 Å². The summed E-state index contributed by atoms with van der Waals surface area (Å²) in [5, 5.41) is 2.88. The summed E-state index contributed by atoms with van der Waals surface area (Å²) in [6.07, 6.45) is 0. The molecule has 4 N–H and O–H groups in total. The van der Waals surface area contributed by atoms with Gasteiger partial charge < -0.3 is 24.8 Å². The van der Waals surface area contributed by atoms with Crippen LogP contribution in [-0.4, -0.2) is 38.5 Å². The fourth-order valence-corrected chi connectivity index (χ4v) is 4.74. The number of ether oxygens (including phenoxy) is 2. The lowest BCUT2D eigenvalue weighted by Gasteiger charge is -2.18. The quantitative estimate of drug-likeness (QED) is 0.295. The second-order valence-electron chi connectivity index (χ2n) is 7.75. The van der Waals surface area contributed by atoms with E-state index in [2.05, 4.69) is 20.0 Å². The summed E-state index contributed by atoms with van der Waals surface area (Å²) < 4.78 is 39.1. The molecular formula is C24H24N4O6S. The third-order valence-corrected chi connectivity index (χ3v) is 6.83. The monoisotopic (exact) mass is 496 g/mol. The van der Waals surface area contributed by atoms with Gasteiger partial charge in [0.15, 0.2) is 11.5 Å². The molecule has 4 rings (SSSR count). The number of H-pyrrole nitrogens is 2. The van der Waals surface area contributed by atoms with Gasteiger partial charge in [-0.15, -0.1) is 0 Å². The Morgan fingerprint density at radius 3 is 2.37 bits per heavy atom. The van der Waals surface area contributed by atoms with E-state index in [0.29, 0.717) is 22.5 Å². The summed E-state index contributed by atoms with van der Waals surface area (Å²) in [5.74, 6) is 0.632. The van der Waals surface area contributed by atoms with Crippen LogP contribution in [0.1, 0.15) is 28.9 Å². The Morgan fingerprint density at radius 1 is 0.914 bits per heavy atom. The number of para-hydroxylation sites is 1. The molecule has 35 heavy (non-hydrogen) atoms. The van der Waals surface area contributed by atoms with Crippen LogP contribution in [-0.2, 0) is 10.0 Å². The number of benzene rings is 3. The molecule has 1 unspecified atom stereocenters. The molecule has 0 aliphatic rings. The molecular weight excluding hydrogens is 472 g/mol. The minimum atomic E-state index is -4.05. The number of sulfonamides is 1. The zero-order valence-corrected chi connectivity index (χ0v) is 20.0. The van der Waals surface area contributed by atoms with Crippen molar-refractivity contribution in [3.63, 3.8) is 0 Å². The van der Waals surface area contributed by atoms with Crippen LogP contribution in [0.5, 0.6) is 11.5 Å². The Kier molecular flexibility index (Phi) is 6.52. The Bertz CT molecular complexity index is 1560. The van der Waals surface area contributed by atoms with Crippen molar-refractivity contribution in [2.45, 2.75) is 17.9 Å². The molecule has 0 aliphatic heterocycles. The first-order valence-corrected chi connectivity index (χ1v) is 12.1. The number of rotatable bonds is 8. The van der Waals surface area contributed by atoms with Gasteiger partial charge in [-0.1, -0.05) is 18.2 Å². The number of methoxy groups -OCH3 is 2. The number of hydrogen-bond acceptors (Lipinski definition) is 6. The second-order valence-corrected chi connectivity index (χ2v) is 9.43. The number of nitrogens with one attached hydrogen (secondary N) is 4. The van der Waals surface area contributed by atoms with Crippen molar-refractivity contribution in [1.82, 2.24) is 15.3 Å². The molecule has 1 amide bonds. The fraction of sp³-hybridized carbons (Fsp3) is 0.167. The second kappa shape index (κ2) is 9.55. The maximum absolute atomic E-state index is 13.1. The number of anilines is 1. The third kappa shape index (κ3) is 4.99. The largest absolute Gasteiger partial charge is 0.493 e. The van der Waals surface area contributed by atoms with Crippen molar-refractivity contribution in [1.29, 1.82) is 0 Å². The molecule has 1 heterocycles. The SMILES string of the molecule is COc1ccc(C(C)NC(=O)c2ccccc2NS(=O)(=O)c2ccc3[nH]c(=O)[nH]c3c2)cc1OC. The molecule has 0 saturated carbocycles. The molecule has 11 heteroatoms. The molecule has 0 radical (unpaired) electrons. The molecule has 182 valence electrons. The van der Waals surface area contributed by atoms with E-state index >= 15 is 0 Å². The molecule has 1 atom stereocenters. The van der Waals surface area contributed by atoms with Gasteiger partial charge in [-0.25, -0.2) is 13.2 Å². The summed E-state index contributed by atoms with van der Waals surface area (Å²) >= 11 is 0. The topological polar surface area (TPSA) is 142 Å². The molecule has 10 nitrogen and oxygen atoms in total. The number of amides is 1. The van der Waals surface area contributed by atoms with Crippen molar-refractivity contribution in [2.75, 3.05) is 18.9 Å². The Morgan fingerprint density at radius 2 is 1.63 bits per heavy atom. The third-order valence-electron chi connectivity index (χ3n) is 5.47. The van der Waals surface area contributed by atoms with E-state index in [1.165, 1.54) is 44.6 Å². The molecule has 0 aliphatic carbocycles. The summed E-state index contributed by atoms with van der Waals surface area (Å²) in [6, 6.07) is 15.4. The molecule has 0 fully saturated rings. The van der Waals surface area contributed by atoms with Crippen molar-refractivity contribution < 1.29 is 22.7 Å². The van der Waals surface area contributed by atoms with E-state index < -0.39 is 27.7 Å². The van der Waals surface area contributed by atoms with E-state index in [9.17, 15) is 18.0 Å². The molecule has 0 spiro atoms. The number of aromatic nitrogens is 2. The van der Waals surface area contributed by atoms with Gasteiger partial charge in [0, 0.05) is 0 Å². The van der Waals surface area contributed by atoms with Crippen LogP contribution in [0.4, 0.5) is 5.69 Å². The number of carbonyl (C=O) groups excluding carboxylic acids is 1. The van der Waals surface area contributed by atoms with E-state index in [0.717, 1.165) is 5.56 Å². The van der Waals surface area contributed by atoms with Crippen molar-refractivity contribution in [2.24, 2.45) is 0 Å². The molecule has 3 aromatic carbocycles. The predicted molar refractivity (Wildman–Crippen MR) is 132 cm³/mol. The maximum atomic E-state index is 13.1. The highest BCUT2D eigenvalue weighted by molar-refractivity contribution is 7.92. The van der Waals surface area contributed by atoms with E-state index in [4.69, 9.17) is 9.47 Å². The minimum absolute atomic E-state index is 0.0610. The Balaban J connectivity index is 1.57. The van der Waals surface area contributed by atoms with Gasteiger partial charge in [0.25, 0.3) is 15.9 Å². The van der Waals surface area contributed by atoms with Gasteiger partial charge in [0.05, 0.1) is 47.4 Å². The smallest absolute Gasteiger partial charge is 0.323 e. The van der Waals surface area contributed by atoms with E-state index in [1.54, 1.807) is 31.2 Å². The highest BCUT2D eigenvalue weighted by Gasteiger charge is 2.21. The minimum Gasteiger partial charge on any atom is -0.493 e. The van der Waals surface area contributed by atoms with Crippen LogP contribution in [0, 0.1) is 0 Å². The zero-order valence-electron chi connectivity index (χ0n) is 19.2. The highest BCUT2D eigenvalue weighted by atomic mass is 32.2. The lowest BCUT2D eigenvalue weighted by Crippen LogP contribution is -2.28. The van der Waals surface area contributed by atoms with Gasteiger partial charge in [-0.05, 0) is 55.0 Å². The summed E-state index contributed by atoms with van der Waals surface area (Å²) in [6.45, 7) is 1.80. The standard InChI is InChI=1S/C24H24N4O6S/c1-14(15-8-11-21(33-2)22(12-15)34-3)25-23(29)17-6-4-5-7-18(17)28-35(31,32)16-9-10-19-20(13-16)27-24(30)26-19/h4-14,28H,1-3H3,(H,25,29)(H2,26,27,30). The van der Waals surface area contributed by atoms with Crippen LogP contribution >= 0.6 is 0 Å². The molecule has 0 bridgehead atoms. The normalized spacial score (nSPS) is 12.2. The molecule has 4 aromatic rings. The van der Waals surface area contributed by atoms with Gasteiger partial charge in [-0.2, -0.15) is 0 Å². The number of fused-ring (bicyclic) bond motifs is 1.